The number of likely N-dealkylation sites (tertiary alicyclic amines) is 1. The van der Waals surface area contributed by atoms with Gasteiger partial charge < -0.3 is 9.47 Å². The van der Waals surface area contributed by atoms with Gasteiger partial charge >= 0.3 is 0 Å². The highest BCUT2D eigenvalue weighted by Gasteiger charge is 2.27. The summed E-state index contributed by atoms with van der Waals surface area (Å²) in [4.78, 5) is 2.63. The summed E-state index contributed by atoms with van der Waals surface area (Å²) in [5, 5.41) is 0. The Balaban J connectivity index is 1.64. The summed E-state index contributed by atoms with van der Waals surface area (Å²) in [7, 11) is 1.72. The van der Waals surface area contributed by atoms with Gasteiger partial charge in [0.1, 0.15) is 0 Å². The van der Waals surface area contributed by atoms with Crippen LogP contribution in [0, 0.1) is 5.92 Å². The van der Waals surface area contributed by atoms with Gasteiger partial charge in [-0.3, -0.25) is 4.90 Å². The summed E-state index contributed by atoms with van der Waals surface area (Å²) < 4.78 is 10.6. The molecular weight excluding hydrogens is 214 g/mol. The van der Waals surface area contributed by atoms with Gasteiger partial charge in [-0.2, -0.15) is 0 Å². The molecule has 1 aliphatic carbocycles. The third-order valence-corrected chi connectivity index (χ3v) is 3.80. The van der Waals surface area contributed by atoms with Gasteiger partial charge in [-0.05, 0) is 38.1 Å². The van der Waals surface area contributed by atoms with Gasteiger partial charge in [-0.15, -0.1) is 0 Å². The molecule has 0 amide bonds. The minimum Gasteiger partial charge on any atom is -0.382 e. The normalized spacial score (nSPS) is 29.9. The van der Waals surface area contributed by atoms with Gasteiger partial charge in [0.05, 0.1) is 19.8 Å². The molecular formula is C14H25NO2. The standard InChI is InChI=1S/C14H25NO2/c1-16-9-10-17-12-13-7-8-15(11-13)14-5-3-2-4-6-14/h3,5,13-14H,2,4,6-12H2,1H3/t13-,14-/m1/s1. The first-order chi connectivity index (χ1) is 8.40. The summed E-state index contributed by atoms with van der Waals surface area (Å²) in [5.41, 5.74) is 0. The van der Waals surface area contributed by atoms with Crippen molar-refractivity contribution in [2.24, 2.45) is 5.92 Å². The van der Waals surface area contributed by atoms with Gasteiger partial charge in [0.15, 0.2) is 0 Å². The van der Waals surface area contributed by atoms with Gasteiger partial charge in [-0.25, -0.2) is 0 Å². The van der Waals surface area contributed by atoms with Crippen LogP contribution in [0.3, 0.4) is 0 Å². The lowest BCUT2D eigenvalue weighted by molar-refractivity contribution is 0.0520. The largest absolute Gasteiger partial charge is 0.382 e. The Hall–Kier alpha value is -0.380. The fraction of sp³-hybridized carbons (Fsp3) is 0.857. The Morgan fingerprint density at radius 2 is 2.24 bits per heavy atom. The summed E-state index contributed by atoms with van der Waals surface area (Å²) in [6.07, 6.45) is 10.00. The maximum atomic E-state index is 5.62. The van der Waals surface area contributed by atoms with Gasteiger partial charge in [0.2, 0.25) is 0 Å². The quantitative estimate of drug-likeness (QED) is 0.523. The first-order valence-corrected chi connectivity index (χ1v) is 6.87. The van der Waals surface area contributed by atoms with Crippen LogP contribution >= 0.6 is 0 Å². The molecule has 0 aromatic rings. The fourth-order valence-electron chi connectivity index (χ4n) is 2.79. The molecule has 0 aromatic carbocycles. The Kier molecular flexibility index (Phi) is 5.49. The molecule has 1 saturated heterocycles. The lowest BCUT2D eigenvalue weighted by Crippen LogP contribution is -2.33. The third-order valence-electron chi connectivity index (χ3n) is 3.80. The van der Waals surface area contributed by atoms with Crippen molar-refractivity contribution in [2.75, 3.05) is 40.0 Å². The minimum atomic E-state index is 0.702. The predicted octanol–water partition coefficient (Wildman–Crippen LogP) is 2.08. The SMILES string of the molecule is COCCOC[C@@H]1CCN([C@@H]2C=CCCC2)C1. The fourth-order valence-corrected chi connectivity index (χ4v) is 2.79. The second-order valence-electron chi connectivity index (χ2n) is 5.14. The highest BCUT2D eigenvalue weighted by atomic mass is 16.5. The molecule has 98 valence electrons. The lowest BCUT2D eigenvalue weighted by Gasteiger charge is -2.27. The van der Waals surface area contributed by atoms with Crippen LogP contribution in [0.5, 0.6) is 0 Å². The Morgan fingerprint density at radius 1 is 1.29 bits per heavy atom. The molecule has 1 aliphatic heterocycles. The molecule has 0 aromatic heterocycles. The number of hydrogen-bond acceptors (Lipinski definition) is 3. The van der Waals surface area contributed by atoms with E-state index in [4.69, 9.17) is 9.47 Å². The van der Waals surface area contributed by atoms with Crippen molar-refractivity contribution in [3.8, 4) is 0 Å². The lowest BCUT2D eigenvalue weighted by atomic mass is 10.0. The summed E-state index contributed by atoms with van der Waals surface area (Å²) in [5.74, 6) is 0.724. The number of methoxy groups -OCH3 is 1. The Bertz CT molecular complexity index is 242. The zero-order valence-electron chi connectivity index (χ0n) is 10.9. The molecule has 1 fully saturated rings. The molecule has 0 unspecified atom stereocenters. The second kappa shape index (κ2) is 7.14. The average Bonchev–Trinajstić information content (AvgIpc) is 2.85. The van der Waals surface area contributed by atoms with Crippen LogP contribution in [0.25, 0.3) is 0 Å². The molecule has 3 nitrogen and oxygen atoms in total. The highest BCUT2D eigenvalue weighted by molar-refractivity contribution is 5.00. The molecule has 3 heteroatoms. The van der Waals surface area contributed by atoms with Crippen molar-refractivity contribution < 1.29 is 9.47 Å². The number of allylic oxidation sites excluding steroid dienone is 1. The van der Waals surface area contributed by atoms with E-state index in [9.17, 15) is 0 Å². The van der Waals surface area contributed by atoms with E-state index in [0.29, 0.717) is 12.6 Å². The zero-order valence-corrected chi connectivity index (χ0v) is 10.9. The first kappa shape index (κ1) is 13.1. The Morgan fingerprint density at radius 3 is 3.00 bits per heavy atom. The van der Waals surface area contributed by atoms with Gasteiger partial charge in [-0.1, -0.05) is 12.2 Å². The van der Waals surface area contributed by atoms with Crippen molar-refractivity contribution in [1.29, 1.82) is 0 Å². The third kappa shape index (κ3) is 4.09. The van der Waals surface area contributed by atoms with Crippen LogP contribution in [0.2, 0.25) is 0 Å². The van der Waals surface area contributed by atoms with Crippen molar-refractivity contribution in [1.82, 2.24) is 4.90 Å². The van der Waals surface area contributed by atoms with Crippen LogP contribution in [-0.4, -0.2) is 51.0 Å². The summed E-state index contributed by atoms with van der Waals surface area (Å²) in [6, 6.07) is 0.702. The molecule has 0 spiro atoms. The maximum Gasteiger partial charge on any atom is 0.0700 e. The number of rotatable bonds is 6. The van der Waals surface area contributed by atoms with Crippen LogP contribution in [0.1, 0.15) is 25.7 Å². The second-order valence-corrected chi connectivity index (χ2v) is 5.14. The highest BCUT2D eigenvalue weighted by Crippen LogP contribution is 2.24. The van der Waals surface area contributed by atoms with Crippen molar-refractivity contribution in [3.05, 3.63) is 12.2 Å². The number of nitrogens with zero attached hydrogens (tertiary/aromatic N) is 1. The maximum absolute atomic E-state index is 5.62. The van der Waals surface area contributed by atoms with Gasteiger partial charge in [0, 0.05) is 19.7 Å². The van der Waals surface area contributed by atoms with E-state index < -0.39 is 0 Å². The van der Waals surface area contributed by atoms with E-state index in [1.165, 1.54) is 38.8 Å². The van der Waals surface area contributed by atoms with Crippen LogP contribution in [0.4, 0.5) is 0 Å². The number of ether oxygens (including phenoxy) is 2. The van der Waals surface area contributed by atoms with E-state index >= 15 is 0 Å². The average molecular weight is 239 g/mol. The molecule has 17 heavy (non-hydrogen) atoms. The molecule has 0 radical (unpaired) electrons. The molecule has 0 saturated carbocycles. The van der Waals surface area contributed by atoms with Crippen LogP contribution in [-0.2, 0) is 9.47 Å². The minimum absolute atomic E-state index is 0.702. The molecule has 0 N–H and O–H groups in total. The summed E-state index contributed by atoms with van der Waals surface area (Å²) in [6.45, 7) is 4.80. The monoisotopic (exact) mass is 239 g/mol. The molecule has 2 atom stereocenters. The predicted molar refractivity (Wildman–Crippen MR) is 69.2 cm³/mol. The van der Waals surface area contributed by atoms with E-state index in [1.54, 1.807) is 7.11 Å². The van der Waals surface area contributed by atoms with E-state index in [2.05, 4.69) is 17.1 Å². The van der Waals surface area contributed by atoms with Crippen molar-refractivity contribution in [2.45, 2.75) is 31.7 Å². The molecule has 1 heterocycles. The molecule has 0 bridgehead atoms. The topological polar surface area (TPSA) is 21.7 Å². The van der Waals surface area contributed by atoms with E-state index in [1.807, 2.05) is 0 Å². The molecule has 2 aliphatic rings. The van der Waals surface area contributed by atoms with Gasteiger partial charge in [0.25, 0.3) is 0 Å². The molecule has 2 rings (SSSR count). The van der Waals surface area contributed by atoms with Crippen molar-refractivity contribution in [3.63, 3.8) is 0 Å². The van der Waals surface area contributed by atoms with Crippen LogP contribution in [0.15, 0.2) is 12.2 Å². The van der Waals surface area contributed by atoms with Crippen molar-refractivity contribution >= 4 is 0 Å². The first-order valence-electron chi connectivity index (χ1n) is 6.87. The smallest absolute Gasteiger partial charge is 0.0700 e. The van der Waals surface area contributed by atoms with E-state index in [-0.39, 0.29) is 0 Å². The van der Waals surface area contributed by atoms with E-state index in [0.717, 1.165) is 19.1 Å². The zero-order chi connectivity index (χ0) is 11.9. The summed E-state index contributed by atoms with van der Waals surface area (Å²) >= 11 is 0. The van der Waals surface area contributed by atoms with Crippen LogP contribution < -0.4 is 0 Å². The number of hydrogen-bond donors (Lipinski definition) is 0. The Labute approximate surface area is 105 Å².